The predicted molar refractivity (Wildman–Crippen MR) is 80.5 cm³/mol. The van der Waals surface area contributed by atoms with E-state index in [0.717, 1.165) is 10.9 Å². The first-order valence-electron chi connectivity index (χ1n) is 7.12. The molecule has 1 saturated heterocycles. The lowest BCUT2D eigenvalue weighted by Crippen LogP contribution is -2.45. The molecule has 4 nitrogen and oxygen atoms in total. The van der Waals surface area contributed by atoms with Crippen LogP contribution in [0.2, 0.25) is 0 Å². The molecular formula is C13H22N2O2S2. The van der Waals surface area contributed by atoms with Crippen LogP contribution in [0.5, 0.6) is 0 Å². The molecule has 0 bridgehead atoms. The smallest absolute Gasteiger partial charge is 0.157 e. The Bertz CT molecular complexity index is 495. The molecule has 3 rings (SSSR count). The van der Waals surface area contributed by atoms with Gasteiger partial charge in [-0.25, -0.2) is 8.42 Å². The molecule has 1 atom stereocenters. The third kappa shape index (κ3) is 2.94. The van der Waals surface area contributed by atoms with Crippen molar-refractivity contribution in [3.8, 4) is 0 Å². The van der Waals surface area contributed by atoms with E-state index in [1.165, 1.54) is 32.1 Å². The molecule has 1 saturated carbocycles. The lowest BCUT2D eigenvalue weighted by molar-refractivity contribution is 0.333. The van der Waals surface area contributed by atoms with Crippen molar-refractivity contribution >= 4 is 26.8 Å². The van der Waals surface area contributed by atoms with E-state index in [9.17, 15) is 8.42 Å². The first-order valence-corrected chi connectivity index (χ1v) is 9.93. The number of hydrogen-bond donors (Lipinski definition) is 1. The normalized spacial score (nSPS) is 36.4. The van der Waals surface area contributed by atoms with Gasteiger partial charge in [-0.15, -0.1) is 0 Å². The second-order valence-electron chi connectivity index (χ2n) is 6.52. The van der Waals surface area contributed by atoms with Crippen LogP contribution in [0.4, 0.5) is 0 Å². The van der Waals surface area contributed by atoms with Gasteiger partial charge in [-0.3, -0.25) is 4.99 Å². The topological polar surface area (TPSA) is 58.5 Å². The molecule has 0 aromatic rings. The molecule has 0 aromatic heterocycles. The van der Waals surface area contributed by atoms with E-state index < -0.39 is 9.84 Å². The highest BCUT2D eigenvalue weighted by Gasteiger charge is 2.42. The Hall–Kier alpha value is -0.230. The highest BCUT2D eigenvalue weighted by atomic mass is 32.2. The lowest BCUT2D eigenvalue weighted by atomic mass is 9.84. The molecule has 1 spiro atoms. The van der Waals surface area contributed by atoms with Crippen molar-refractivity contribution in [1.82, 2.24) is 5.32 Å². The van der Waals surface area contributed by atoms with Gasteiger partial charge in [-0.05, 0) is 26.2 Å². The molecule has 19 heavy (non-hydrogen) atoms. The van der Waals surface area contributed by atoms with Crippen LogP contribution < -0.4 is 5.32 Å². The minimum Gasteiger partial charge on any atom is -0.359 e. The van der Waals surface area contributed by atoms with Crippen LogP contribution in [0.3, 0.4) is 0 Å². The number of nitrogens with one attached hydrogen (secondary N) is 1. The van der Waals surface area contributed by atoms with Gasteiger partial charge in [-0.2, -0.15) is 0 Å². The van der Waals surface area contributed by atoms with Crippen LogP contribution in [0.15, 0.2) is 4.99 Å². The summed E-state index contributed by atoms with van der Waals surface area (Å²) in [6.45, 7) is 2.01. The first kappa shape index (κ1) is 13.7. The van der Waals surface area contributed by atoms with Crippen molar-refractivity contribution in [2.24, 2.45) is 4.99 Å². The van der Waals surface area contributed by atoms with Gasteiger partial charge in [0, 0.05) is 5.75 Å². The molecule has 2 fully saturated rings. The molecule has 108 valence electrons. The van der Waals surface area contributed by atoms with Crippen LogP contribution in [-0.2, 0) is 9.84 Å². The Balaban J connectivity index is 1.69. The average Bonchev–Trinajstić information content (AvgIpc) is 2.82. The maximum absolute atomic E-state index is 11.6. The molecule has 0 amide bonds. The Morgan fingerprint density at radius 3 is 2.58 bits per heavy atom. The minimum absolute atomic E-state index is 0.152. The molecule has 1 N–H and O–H groups in total. The first-order chi connectivity index (χ1) is 8.91. The largest absolute Gasteiger partial charge is 0.359 e. The zero-order chi connectivity index (χ0) is 13.6. The number of rotatable bonds is 1. The van der Waals surface area contributed by atoms with E-state index in [4.69, 9.17) is 4.99 Å². The van der Waals surface area contributed by atoms with Gasteiger partial charge in [-0.1, -0.05) is 31.0 Å². The number of amidine groups is 1. The Morgan fingerprint density at radius 2 is 1.95 bits per heavy atom. The lowest BCUT2D eigenvalue weighted by Gasteiger charge is -2.29. The third-order valence-electron chi connectivity index (χ3n) is 4.51. The van der Waals surface area contributed by atoms with Crippen LogP contribution in [0, 0.1) is 0 Å². The summed E-state index contributed by atoms with van der Waals surface area (Å²) >= 11 is 1.78. The van der Waals surface area contributed by atoms with Gasteiger partial charge in [0.05, 0.1) is 22.6 Å². The van der Waals surface area contributed by atoms with Gasteiger partial charge >= 0.3 is 0 Å². The predicted octanol–water partition coefficient (Wildman–Crippen LogP) is 1.96. The summed E-state index contributed by atoms with van der Waals surface area (Å²) in [7, 11) is -2.86. The molecule has 6 heteroatoms. The van der Waals surface area contributed by atoms with Gasteiger partial charge in [0.25, 0.3) is 0 Å². The summed E-state index contributed by atoms with van der Waals surface area (Å²) in [5.41, 5.74) is -0.163. The zero-order valence-electron chi connectivity index (χ0n) is 11.4. The second kappa shape index (κ2) is 4.65. The summed E-state index contributed by atoms with van der Waals surface area (Å²) in [6, 6.07) is 0. The highest BCUT2D eigenvalue weighted by molar-refractivity contribution is 8.14. The second-order valence-corrected chi connectivity index (χ2v) is 9.67. The Morgan fingerprint density at radius 1 is 1.21 bits per heavy atom. The molecule has 3 aliphatic rings. The summed E-state index contributed by atoms with van der Waals surface area (Å²) in [5.74, 6) is 1.62. The summed E-state index contributed by atoms with van der Waals surface area (Å²) in [6.07, 6.45) is 6.98. The van der Waals surface area contributed by atoms with Crippen molar-refractivity contribution in [2.75, 3.05) is 17.3 Å². The molecule has 0 radical (unpaired) electrons. The number of sulfone groups is 1. The molecule has 1 aliphatic carbocycles. The van der Waals surface area contributed by atoms with Gasteiger partial charge < -0.3 is 5.32 Å². The fourth-order valence-corrected chi connectivity index (χ4v) is 6.81. The van der Waals surface area contributed by atoms with Gasteiger partial charge in [0.2, 0.25) is 0 Å². The van der Waals surface area contributed by atoms with Crippen molar-refractivity contribution in [1.29, 1.82) is 0 Å². The average molecular weight is 302 g/mol. The van der Waals surface area contributed by atoms with Gasteiger partial charge in [0.15, 0.2) is 15.0 Å². The maximum Gasteiger partial charge on any atom is 0.157 e. The van der Waals surface area contributed by atoms with Crippen molar-refractivity contribution < 1.29 is 8.42 Å². The SMILES string of the molecule is CC1(NC2=NC3(CCCCC3)CS2)CCS(=O)(=O)C1. The van der Waals surface area contributed by atoms with Crippen LogP contribution in [0.1, 0.15) is 45.4 Å². The summed E-state index contributed by atoms with van der Waals surface area (Å²) < 4.78 is 23.3. The number of thioether (sulfide) groups is 1. The van der Waals surface area contributed by atoms with Crippen molar-refractivity contribution in [3.05, 3.63) is 0 Å². The van der Waals surface area contributed by atoms with Crippen molar-refractivity contribution in [2.45, 2.75) is 56.5 Å². The highest BCUT2D eigenvalue weighted by Crippen LogP contribution is 2.40. The van der Waals surface area contributed by atoms with E-state index in [2.05, 4.69) is 5.32 Å². The van der Waals surface area contributed by atoms with E-state index in [-0.39, 0.29) is 16.8 Å². The van der Waals surface area contributed by atoms with E-state index in [1.54, 1.807) is 11.8 Å². The van der Waals surface area contributed by atoms with E-state index >= 15 is 0 Å². The summed E-state index contributed by atoms with van der Waals surface area (Å²) in [5, 5.41) is 4.39. The number of aliphatic imine (C=N–C) groups is 1. The Kier molecular flexibility index (Phi) is 3.37. The van der Waals surface area contributed by atoms with Crippen LogP contribution >= 0.6 is 11.8 Å². The van der Waals surface area contributed by atoms with E-state index in [1.807, 2.05) is 6.92 Å². The fraction of sp³-hybridized carbons (Fsp3) is 0.923. The zero-order valence-corrected chi connectivity index (χ0v) is 13.1. The van der Waals surface area contributed by atoms with Crippen molar-refractivity contribution in [3.63, 3.8) is 0 Å². The van der Waals surface area contributed by atoms with E-state index in [0.29, 0.717) is 12.2 Å². The van der Waals surface area contributed by atoms with Crippen LogP contribution in [0.25, 0.3) is 0 Å². The fourth-order valence-electron chi connectivity index (χ4n) is 3.38. The van der Waals surface area contributed by atoms with Gasteiger partial charge in [0.1, 0.15) is 0 Å². The quantitative estimate of drug-likeness (QED) is 0.804. The number of hydrogen-bond acceptors (Lipinski definition) is 5. The molecule has 2 aliphatic heterocycles. The maximum atomic E-state index is 11.6. The monoisotopic (exact) mass is 302 g/mol. The Labute approximate surface area is 119 Å². The molecule has 2 heterocycles. The minimum atomic E-state index is -2.86. The number of nitrogens with zero attached hydrogens (tertiary/aromatic N) is 1. The van der Waals surface area contributed by atoms with Crippen LogP contribution in [-0.4, -0.2) is 41.9 Å². The molecule has 1 unspecified atom stereocenters. The summed E-state index contributed by atoms with van der Waals surface area (Å²) in [4.78, 5) is 4.91. The molecule has 0 aromatic carbocycles. The standard InChI is InChI=1S/C13H22N2O2S2/c1-12(7-8-19(16,17)10-12)14-11-15-13(9-18-11)5-3-2-4-6-13/h2-10H2,1H3,(H,14,15). The third-order valence-corrected chi connectivity index (χ3v) is 7.56. The molecular weight excluding hydrogens is 280 g/mol.